The zero-order chi connectivity index (χ0) is 17.5. The summed E-state index contributed by atoms with van der Waals surface area (Å²) in [5, 5.41) is 14.1. The van der Waals surface area contributed by atoms with Crippen LogP contribution in [0.4, 0.5) is 4.79 Å². The average Bonchev–Trinajstić information content (AvgIpc) is 2.55. The molecule has 1 aliphatic carbocycles. The zero-order valence-electron chi connectivity index (χ0n) is 13.6. The van der Waals surface area contributed by atoms with Gasteiger partial charge in [-0.15, -0.1) is 0 Å². The normalized spacial score (nSPS) is 20.0. The highest BCUT2D eigenvalue weighted by molar-refractivity contribution is 5.97. The molecule has 7 heteroatoms. The van der Waals surface area contributed by atoms with E-state index >= 15 is 0 Å². The molecule has 1 fully saturated rings. The number of ether oxygens (including phenoxy) is 1. The highest BCUT2D eigenvalue weighted by Crippen LogP contribution is 2.23. The number of amides is 3. The SMILES string of the molecule is C[C@H]1CCCC[C@H]1NC(=O)NC(=O)COC(=O)c1ccc(O)cc1. The molecule has 1 aliphatic rings. The minimum absolute atomic E-state index is 0.0258. The Morgan fingerprint density at radius 3 is 2.50 bits per heavy atom. The smallest absolute Gasteiger partial charge is 0.338 e. The second-order valence-corrected chi connectivity index (χ2v) is 6.01. The molecule has 0 bridgehead atoms. The Hall–Kier alpha value is -2.57. The molecule has 3 N–H and O–H groups in total. The molecular weight excluding hydrogens is 312 g/mol. The first-order valence-corrected chi connectivity index (χ1v) is 8.02. The van der Waals surface area contributed by atoms with Gasteiger partial charge < -0.3 is 15.2 Å². The molecule has 0 saturated heterocycles. The molecule has 24 heavy (non-hydrogen) atoms. The van der Waals surface area contributed by atoms with Gasteiger partial charge in [0.2, 0.25) is 0 Å². The third-order valence-electron chi connectivity index (χ3n) is 4.12. The highest BCUT2D eigenvalue weighted by Gasteiger charge is 2.23. The lowest BCUT2D eigenvalue weighted by Gasteiger charge is -2.29. The summed E-state index contributed by atoms with van der Waals surface area (Å²) in [6.45, 7) is 1.53. The molecule has 1 aromatic rings. The Labute approximate surface area is 140 Å². The number of carbonyl (C=O) groups is 3. The molecule has 0 heterocycles. The summed E-state index contributed by atoms with van der Waals surface area (Å²) in [7, 11) is 0. The number of imide groups is 1. The van der Waals surface area contributed by atoms with Gasteiger partial charge >= 0.3 is 12.0 Å². The minimum Gasteiger partial charge on any atom is -0.508 e. The van der Waals surface area contributed by atoms with Gasteiger partial charge in [-0.25, -0.2) is 9.59 Å². The van der Waals surface area contributed by atoms with Gasteiger partial charge in [0.05, 0.1) is 5.56 Å². The van der Waals surface area contributed by atoms with Crippen molar-refractivity contribution in [2.75, 3.05) is 6.61 Å². The van der Waals surface area contributed by atoms with Crippen molar-refractivity contribution in [3.63, 3.8) is 0 Å². The summed E-state index contributed by atoms with van der Waals surface area (Å²) in [6.07, 6.45) is 4.18. The van der Waals surface area contributed by atoms with Crippen LogP contribution in [-0.4, -0.2) is 35.7 Å². The van der Waals surface area contributed by atoms with E-state index in [1.54, 1.807) is 0 Å². The maximum atomic E-state index is 11.8. The van der Waals surface area contributed by atoms with Crippen LogP contribution in [0, 0.1) is 5.92 Å². The van der Waals surface area contributed by atoms with Crippen LogP contribution in [0.5, 0.6) is 5.75 Å². The Balaban J connectivity index is 1.73. The van der Waals surface area contributed by atoms with Crippen LogP contribution in [-0.2, 0) is 9.53 Å². The van der Waals surface area contributed by atoms with Crippen LogP contribution in [0.25, 0.3) is 0 Å². The number of aromatic hydroxyl groups is 1. The van der Waals surface area contributed by atoms with Gasteiger partial charge in [-0.1, -0.05) is 19.8 Å². The fourth-order valence-corrected chi connectivity index (χ4v) is 2.71. The lowest BCUT2D eigenvalue weighted by molar-refractivity contribution is -0.123. The maximum Gasteiger partial charge on any atom is 0.338 e. The van der Waals surface area contributed by atoms with Crippen LogP contribution >= 0.6 is 0 Å². The molecule has 1 aromatic carbocycles. The first-order valence-electron chi connectivity index (χ1n) is 8.02. The fraction of sp³-hybridized carbons (Fsp3) is 0.471. The molecule has 2 rings (SSSR count). The molecule has 0 spiro atoms. The molecule has 0 radical (unpaired) electrons. The largest absolute Gasteiger partial charge is 0.508 e. The van der Waals surface area contributed by atoms with Crippen molar-refractivity contribution in [2.24, 2.45) is 5.92 Å². The summed E-state index contributed by atoms with van der Waals surface area (Å²) >= 11 is 0. The van der Waals surface area contributed by atoms with E-state index in [9.17, 15) is 14.4 Å². The number of rotatable bonds is 4. The lowest BCUT2D eigenvalue weighted by Crippen LogP contribution is -2.48. The van der Waals surface area contributed by atoms with Crippen LogP contribution in [0.15, 0.2) is 24.3 Å². The topological polar surface area (TPSA) is 105 Å². The molecule has 1 saturated carbocycles. The molecule has 2 atom stereocenters. The number of hydrogen-bond donors (Lipinski definition) is 3. The van der Waals surface area contributed by atoms with Gasteiger partial charge in [0.15, 0.2) is 6.61 Å². The Bertz CT molecular complexity index is 600. The number of carbonyl (C=O) groups excluding carboxylic acids is 3. The van der Waals surface area contributed by atoms with Gasteiger partial charge in [0.25, 0.3) is 5.91 Å². The number of esters is 1. The van der Waals surface area contributed by atoms with Crippen LogP contribution < -0.4 is 10.6 Å². The third-order valence-corrected chi connectivity index (χ3v) is 4.12. The van der Waals surface area contributed by atoms with E-state index < -0.39 is 24.5 Å². The number of phenolic OH excluding ortho intramolecular Hbond substituents is 1. The molecular formula is C17H22N2O5. The first kappa shape index (κ1) is 17.8. The number of phenols is 1. The van der Waals surface area contributed by atoms with E-state index in [0.717, 1.165) is 25.7 Å². The van der Waals surface area contributed by atoms with E-state index in [1.807, 2.05) is 0 Å². The predicted octanol–water partition coefficient (Wildman–Crippen LogP) is 1.95. The van der Waals surface area contributed by atoms with Crippen molar-refractivity contribution < 1.29 is 24.2 Å². The second kappa shape index (κ2) is 8.33. The van der Waals surface area contributed by atoms with E-state index in [4.69, 9.17) is 9.84 Å². The second-order valence-electron chi connectivity index (χ2n) is 6.01. The predicted molar refractivity (Wildman–Crippen MR) is 86.5 cm³/mol. The number of benzene rings is 1. The number of urea groups is 1. The third kappa shape index (κ3) is 5.26. The lowest BCUT2D eigenvalue weighted by atomic mass is 9.86. The van der Waals surface area contributed by atoms with E-state index in [-0.39, 0.29) is 17.4 Å². The van der Waals surface area contributed by atoms with Crippen molar-refractivity contribution in [1.82, 2.24) is 10.6 Å². The Kier molecular flexibility index (Phi) is 6.17. The molecule has 0 unspecified atom stereocenters. The molecule has 7 nitrogen and oxygen atoms in total. The van der Waals surface area contributed by atoms with Crippen molar-refractivity contribution in [3.05, 3.63) is 29.8 Å². The van der Waals surface area contributed by atoms with Crippen LogP contribution in [0.3, 0.4) is 0 Å². The van der Waals surface area contributed by atoms with Crippen molar-refractivity contribution in [3.8, 4) is 5.75 Å². The number of nitrogens with one attached hydrogen (secondary N) is 2. The van der Waals surface area contributed by atoms with Crippen LogP contribution in [0.2, 0.25) is 0 Å². The van der Waals surface area contributed by atoms with E-state index in [0.29, 0.717) is 5.92 Å². The van der Waals surface area contributed by atoms with Gasteiger partial charge in [-0.2, -0.15) is 0 Å². The zero-order valence-corrected chi connectivity index (χ0v) is 13.6. The average molecular weight is 334 g/mol. The molecule has 3 amide bonds. The van der Waals surface area contributed by atoms with Gasteiger partial charge in [-0.05, 0) is 43.0 Å². The van der Waals surface area contributed by atoms with Gasteiger partial charge in [0, 0.05) is 6.04 Å². The summed E-state index contributed by atoms with van der Waals surface area (Å²) in [6, 6.07) is 4.94. The number of hydrogen-bond acceptors (Lipinski definition) is 5. The van der Waals surface area contributed by atoms with Gasteiger partial charge in [0.1, 0.15) is 5.75 Å². The Morgan fingerprint density at radius 1 is 1.17 bits per heavy atom. The molecule has 0 aromatic heterocycles. The van der Waals surface area contributed by atoms with Crippen molar-refractivity contribution >= 4 is 17.9 Å². The maximum absolute atomic E-state index is 11.8. The quantitative estimate of drug-likeness (QED) is 0.730. The summed E-state index contributed by atoms with van der Waals surface area (Å²) in [5.74, 6) is -0.987. The molecule has 0 aliphatic heterocycles. The summed E-state index contributed by atoms with van der Waals surface area (Å²) < 4.78 is 4.83. The van der Waals surface area contributed by atoms with Crippen molar-refractivity contribution in [1.29, 1.82) is 0 Å². The molecule has 130 valence electrons. The fourth-order valence-electron chi connectivity index (χ4n) is 2.71. The minimum atomic E-state index is -0.702. The highest BCUT2D eigenvalue weighted by atomic mass is 16.5. The summed E-state index contributed by atoms with van der Waals surface area (Å²) in [5.41, 5.74) is 0.209. The first-order chi connectivity index (χ1) is 11.5. The van der Waals surface area contributed by atoms with Crippen molar-refractivity contribution in [2.45, 2.75) is 38.6 Å². The van der Waals surface area contributed by atoms with Gasteiger partial charge in [-0.3, -0.25) is 10.1 Å². The standard InChI is InChI=1S/C17H22N2O5/c1-11-4-2-3-5-14(11)18-17(23)19-15(21)10-24-16(22)12-6-8-13(20)9-7-12/h6-9,11,14,20H,2-5,10H2,1H3,(H2,18,19,21,23)/t11-,14+/m0/s1. The monoisotopic (exact) mass is 334 g/mol. The summed E-state index contributed by atoms with van der Waals surface area (Å²) in [4.78, 5) is 35.2. The van der Waals surface area contributed by atoms with Crippen LogP contribution in [0.1, 0.15) is 43.0 Å². The van der Waals surface area contributed by atoms with E-state index in [2.05, 4.69) is 17.6 Å². The van der Waals surface area contributed by atoms with E-state index in [1.165, 1.54) is 24.3 Å². The Morgan fingerprint density at radius 2 is 1.83 bits per heavy atom.